The number of hydrogen-bond acceptors (Lipinski definition) is 3. The number of carbonyl (C=O) groups is 1. The minimum absolute atomic E-state index is 0.109. The summed E-state index contributed by atoms with van der Waals surface area (Å²) < 4.78 is 5.70. The summed E-state index contributed by atoms with van der Waals surface area (Å²) >= 11 is 0. The van der Waals surface area contributed by atoms with Crippen LogP contribution in [-0.4, -0.2) is 23.3 Å². The van der Waals surface area contributed by atoms with Gasteiger partial charge in [-0.05, 0) is 75.0 Å². The lowest BCUT2D eigenvalue weighted by atomic mass is 9.53. The molecule has 4 rings (SSSR count). The van der Waals surface area contributed by atoms with E-state index in [1.165, 1.54) is 32.1 Å². The summed E-state index contributed by atoms with van der Waals surface area (Å²) in [6, 6.07) is 0. The molecule has 3 nitrogen and oxygen atoms in total. The smallest absolute Gasteiger partial charge is 0.302 e. The molecule has 0 amide bonds. The second-order valence-electron chi connectivity index (χ2n) is 8.71. The average Bonchev–Trinajstić information content (AvgIpc) is 2.83. The molecule has 0 aliphatic heterocycles. The van der Waals surface area contributed by atoms with Crippen LogP contribution < -0.4 is 0 Å². The van der Waals surface area contributed by atoms with Crippen molar-refractivity contribution in [3.63, 3.8) is 0 Å². The second kappa shape index (κ2) is 5.61. The highest BCUT2D eigenvalue weighted by Crippen LogP contribution is 2.61. The number of ether oxygens (including phenoxy) is 1. The highest BCUT2D eigenvalue weighted by atomic mass is 16.5. The Bertz CT molecular complexity index is 525. The number of allylic oxidation sites excluding steroid dienone is 1. The fourth-order valence-corrected chi connectivity index (χ4v) is 6.60. The third kappa shape index (κ3) is 2.47. The van der Waals surface area contributed by atoms with Gasteiger partial charge < -0.3 is 9.84 Å². The summed E-state index contributed by atoms with van der Waals surface area (Å²) in [5, 5.41) is 9.96. The molecule has 0 aromatic heterocycles. The molecule has 0 saturated heterocycles. The van der Waals surface area contributed by atoms with E-state index in [1.807, 2.05) is 0 Å². The lowest BCUT2D eigenvalue weighted by molar-refractivity contribution is -0.155. The number of esters is 1. The molecule has 7 atom stereocenters. The van der Waals surface area contributed by atoms with Crippen LogP contribution in [-0.2, 0) is 9.53 Å². The zero-order valence-corrected chi connectivity index (χ0v) is 14.5. The number of carbonyl (C=O) groups excluding carboxylic acids is 1. The molecule has 0 aromatic carbocycles. The molecule has 0 heterocycles. The number of rotatable bonds is 1. The lowest BCUT2D eigenvalue weighted by Crippen LogP contribution is -2.48. The predicted octanol–water partition coefficient (Wildman–Crippen LogP) is 3.85. The Kier molecular flexibility index (Phi) is 3.83. The molecule has 0 radical (unpaired) electrons. The fraction of sp³-hybridized carbons (Fsp3) is 0.850. The van der Waals surface area contributed by atoms with Crippen LogP contribution >= 0.6 is 0 Å². The molecular formula is C20H30O3. The maximum Gasteiger partial charge on any atom is 0.302 e. The summed E-state index contributed by atoms with van der Waals surface area (Å²) in [5.74, 6) is 2.87. The summed E-state index contributed by atoms with van der Waals surface area (Å²) in [7, 11) is 0. The Hall–Kier alpha value is -0.830. The minimum Gasteiger partial charge on any atom is -0.462 e. The normalized spacial score (nSPS) is 48.7. The van der Waals surface area contributed by atoms with E-state index in [4.69, 9.17) is 4.74 Å². The minimum atomic E-state index is -0.119. The van der Waals surface area contributed by atoms with Gasteiger partial charge in [0, 0.05) is 12.3 Å². The van der Waals surface area contributed by atoms with Gasteiger partial charge in [0.2, 0.25) is 0 Å². The van der Waals surface area contributed by atoms with E-state index in [1.54, 1.807) is 12.5 Å². The number of fused-ring (bicyclic) bond motifs is 5. The molecule has 4 aliphatic rings. The van der Waals surface area contributed by atoms with E-state index < -0.39 is 0 Å². The molecule has 3 saturated carbocycles. The zero-order chi connectivity index (χ0) is 16.2. The topological polar surface area (TPSA) is 46.5 Å². The van der Waals surface area contributed by atoms with Crippen molar-refractivity contribution in [1.29, 1.82) is 0 Å². The monoisotopic (exact) mass is 318 g/mol. The molecular weight excluding hydrogens is 288 g/mol. The first-order chi connectivity index (χ1) is 11.0. The first-order valence-corrected chi connectivity index (χ1v) is 9.53. The van der Waals surface area contributed by atoms with Gasteiger partial charge in [-0.2, -0.15) is 0 Å². The van der Waals surface area contributed by atoms with Crippen LogP contribution in [0, 0.1) is 29.1 Å². The van der Waals surface area contributed by atoms with Gasteiger partial charge in [0.15, 0.2) is 0 Å². The van der Waals surface area contributed by atoms with E-state index in [0.717, 1.165) is 37.0 Å². The quantitative estimate of drug-likeness (QED) is 0.590. The van der Waals surface area contributed by atoms with Crippen molar-refractivity contribution in [2.45, 2.75) is 77.4 Å². The van der Waals surface area contributed by atoms with Crippen LogP contribution in [0.5, 0.6) is 0 Å². The summed E-state index contributed by atoms with van der Waals surface area (Å²) in [6.07, 6.45) is 11.4. The van der Waals surface area contributed by atoms with Crippen molar-refractivity contribution in [3.05, 3.63) is 11.6 Å². The van der Waals surface area contributed by atoms with Gasteiger partial charge in [0.25, 0.3) is 0 Å². The van der Waals surface area contributed by atoms with Crippen molar-refractivity contribution in [1.82, 2.24) is 0 Å². The van der Waals surface area contributed by atoms with Crippen LogP contribution in [0.1, 0.15) is 65.2 Å². The van der Waals surface area contributed by atoms with Crippen molar-refractivity contribution in [2.24, 2.45) is 29.1 Å². The van der Waals surface area contributed by atoms with Crippen LogP contribution in [0.3, 0.4) is 0 Å². The standard InChI is InChI=1S/C20H30O3/c1-12(21)23-19-8-7-18-17-5-3-13-11-14(22)4-6-15(13)16(17)9-10-20(18,19)2/h3,14-19,22H,4-11H2,1-2H3/t14?,15?,16?,17?,18?,19-,20-/m0/s1. The molecule has 0 bridgehead atoms. The maximum absolute atomic E-state index is 11.5. The molecule has 4 aliphatic carbocycles. The third-order valence-corrected chi connectivity index (χ3v) is 7.64. The highest BCUT2D eigenvalue weighted by molar-refractivity contribution is 5.66. The lowest BCUT2D eigenvalue weighted by Gasteiger charge is -2.53. The van der Waals surface area contributed by atoms with Crippen molar-refractivity contribution >= 4 is 5.97 Å². The van der Waals surface area contributed by atoms with E-state index in [9.17, 15) is 9.90 Å². The molecule has 3 heteroatoms. The van der Waals surface area contributed by atoms with Crippen LogP contribution in [0.2, 0.25) is 0 Å². The Labute approximate surface area is 139 Å². The SMILES string of the molecule is CC(=O)O[C@H]1CCC2C3CC=C4CC(O)CCC4C3CC[C@@]21C. The van der Waals surface area contributed by atoms with Gasteiger partial charge in [0.1, 0.15) is 6.10 Å². The number of hydrogen-bond donors (Lipinski definition) is 1. The third-order valence-electron chi connectivity index (χ3n) is 7.64. The predicted molar refractivity (Wildman–Crippen MR) is 88.6 cm³/mol. The van der Waals surface area contributed by atoms with Crippen LogP contribution in [0.15, 0.2) is 11.6 Å². The first kappa shape index (κ1) is 15.7. The van der Waals surface area contributed by atoms with Crippen molar-refractivity contribution < 1.29 is 14.6 Å². The molecule has 23 heavy (non-hydrogen) atoms. The second-order valence-corrected chi connectivity index (χ2v) is 8.71. The number of aliphatic hydroxyl groups excluding tert-OH is 1. The zero-order valence-electron chi connectivity index (χ0n) is 14.5. The van der Waals surface area contributed by atoms with E-state index in [2.05, 4.69) is 13.0 Å². The van der Waals surface area contributed by atoms with E-state index in [-0.39, 0.29) is 23.6 Å². The van der Waals surface area contributed by atoms with E-state index >= 15 is 0 Å². The van der Waals surface area contributed by atoms with Gasteiger partial charge in [-0.25, -0.2) is 0 Å². The Morgan fingerprint density at radius 3 is 2.83 bits per heavy atom. The number of aliphatic hydroxyl groups is 1. The van der Waals surface area contributed by atoms with Crippen LogP contribution in [0.25, 0.3) is 0 Å². The van der Waals surface area contributed by atoms with Crippen LogP contribution in [0.4, 0.5) is 0 Å². The van der Waals surface area contributed by atoms with Crippen molar-refractivity contribution in [2.75, 3.05) is 0 Å². The first-order valence-electron chi connectivity index (χ1n) is 9.53. The molecule has 0 spiro atoms. The Morgan fingerprint density at radius 2 is 2.04 bits per heavy atom. The highest BCUT2D eigenvalue weighted by Gasteiger charge is 2.57. The van der Waals surface area contributed by atoms with Crippen molar-refractivity contribution in [3.8, 4) is 0 Å². The average molecular weight is 318 g/mol. The Balaban J connectivity index is 1.57. The maximum atomic E-state index is 11.5. The van der Waals surface area contributed by atoms with Gasteiger partial charge in [-0.3, -0.25) is 4.79 Å². The molecule has 128 valence electrons. The van der Waals surface area contributed by atoms with Gasteiger partial charge in [-0.1, -0.05) is 18.6 Å². The van der Waals surface area contributed by atoms with Gasteiger partial charge in [-0.15, -0.1) is 0 Å². The fourth-order valence-electron chi connectivity index (χ4n) is 6.60. The van der Waals surface area contributed by atoms with Gasteiger partial charge >= 0.3 is 5.97 Å². The molecule has 3 fully saturated rings. The Morgan fingerprint density at radius 1 is 1.22 bits per heavy atom. The molecule has 0 aromatic rings. The van der Waals surface area contributed by atoms with Gasteiger partial charge in [0.05, 0.1) is 6.10 Å². The van der Waals surface area contributed by atoms with E-state index in [0.29, 0.717) is 5.92 Å². The summed E-state index contributed by atoms with van der Waals surface area (Å²) in [4.78, 5) is 11.5. The molecule has 5 unspecified atom stereocenters. The largest absolute Gasteiger partial charge is 0.462 e. The summed E-state index contributed by atoms with van der Waals surface area (Å²) in [6.45, 7) is 3.92. The summed E-state index contributed by atoms with van der Waals surface area (Å²) in [5.41, 5.74) is 1.73. The molecule has 1 N–H and O–H groups in total.